The second kappa shape index (κ2) is 9.76. The van der Waals surface area contributed by atoms with E-state index < -0.39 is 11.9 Å². The van der Waals surface area contributed by atoms with Gasteiger partial charge in [-0.3, -0.25) is 9.59 Å². The molecule has 2 rings (SSSR count). The summed E-state index contributed by atoms with van der Waals surface area (Å²) in [6, 6.07) is 4.64. The molecule has 0 spiro atoms. The maximum absolute atomic E-state index is 11.7. The van der Waals surface area contributed by atoms with Gasteiger partial charge in [-0.05, 0) is 38.0 Å². The molecular weight excluding hydrogens is 342 g/mol. The summed E-state index contributed by atoms with van der Waals surface area (Å²) >= 11 is 0. The lowest BCUT2D eigenvalue weighted by Gasteiger charge is -2.12. The van der Waals surface area contributed by atoms with Crippen molar-refractivity contribution in [3.8, 4) is 11.5 Å². The second-order valence-electron chi connectivity index (χ2n) is 5.81. The number of amides is 1. The standard InChI is InChI=1S/C18H23NO7/c1-12(20)13-5-6-15(16(8-13)23-2)25-11-18(22)26-10-17(21)19-9-14-4-3-7-24-14/h5-6,8,14H,3-4,7,9-11H2,1-2H3,(H,19,21)/t14-/m0/s1. The van der Waals surface area contributed by atoms with Crippen LogP contribution in [0.2, 0.25) is 0 Å². The van der Waals surface area contributed by atoms with Crippen LogP contribution in [0.15, 0.2) is 18.2 Å². The van der Waals surface area contributed by atoms with E-state index in [1.165, 1.54) is 26.2 Å². The van der Waals surface area contributed by atoms with E-state index in [9.17, 15) is 14.4 Å². The maximum Gasteiger partial charge on any atom is 0.344 e. The molecule has 0 bridgehead atoms. The van der Waals surface area contributed by atoms with Gasteiger partial charge in [0.05, 0.1) is 13.2 Å². The smallest absolute Gasteiger partial charge is 0.344 e. The van der Waals surface area contributed by atoms with Crippen LogP contribution < -0.4 is 14.8 Å². The number of ketones is 1. The molecule has 1 N–H and O–H groups in total. The van der Waals surface area contributed by atoms with Crippen molar-refractivity contribution in [2.75, 3.05) is 33.5 Å². The van der Waals surface area contributed by atoms with E-state index in [2.05, 4.69) is 5.32 Å². The molecular formula is C18H23NO7. The van der Waals surface area contributed by atoms with Crippen molar-refractivity contribution >= 4 is 17.7 Å². The highest BCUT2D eigenvalue weighted by Gasteiger charge is 2.17. The summed E-state index contributed by atoms with van der Waals surface area (Å²) in [6.45, 7) is 1.80. The number of nitrogens with one attached hydrogen (secondary N) is 1. The Bertz CT molecular complexity index is 653. The Morgan fingerprint density at radius 1 is 1.23 bits per heavy atom. The summed E-state index contributed by atoms with van der Waals surface area (Å²) in [5.41, 5.74) is 0.472. The van der Waals surface area contributed by atoms with Gasteiger partial charge in [-0.2, -0.15) is 0 Å². The van der Waals surface area contributed by atoms with Gasteiger partial charge in [0.15, 0.2) is 30.5 Å². The molecule has 0 radical (unpaired) electrons. The number of carbonyl (C=O) groups is 3. The molecule has 0 unspecified atom stereocenters. The first-order valence-corrected chi connectivity index (χ1v) is 8.35. The van der Waals surface area contributed by atoms with Gasteiger partial charge in [-0.1, -0.05) is 0 Å². The van der Waals surface area contributed by atoms with Crippen LogP contribution in [0.25, 0.3) is 0 Å². The van der Waals surface area contributed by atoms with Crippen LogP contribution in [-0.4, -0.2) is 57.2 Å². The Kier molecular flexibility index (Phi) is 7.40. The number of carbonyl (C=O) groups excluding carboxylic acids is 3. The van der Waals surface area contributed by atoms with Crippen molar-refractivity contribution in [1.82, 2.24) is 5.32 Å². The van der Waals surface area contributed by atoms with Crippen molar-refractivity contribution in [3.05, 3.63) is 23.8 Å². The Balaban J connectivity index is 1.72. The monoisotopic (exact) mass is 365 g/mol. The third kappa shape index (κ3) is 6.03. The van der Waals surface area contributed by atoms with E-state index in [1.54, 1.807) is 6.07 Å². The molecule has 1 aromatic carbocycles. The number of methoxy groups -OCH3 is 1. The minimum Gasteiger partial charge on any atom is -0.493 e. The Morgan fingerprint density at radius 3 is 2.69 bits per heavy atom. The van der Waals surface area contributed by atoms with E-state index in [4.69, 9.17) is 18.9 Å². The number of rotatable bonds is 9. The zero-order chi connectivity index (χ0) is 18.9. The molecule has 1 fully saturated rings. The molecule has 8 nitrogen and oxygen atoms in total. The van der Waals surface area contributed by atoms with Gasteiger partial charge in [0.2, 0.25) is 0 Å². The van der Waals surface area contributed by atoms with Crippen LogP contribution in [0.4, 0.5) is 0 Å². The molecule has 1 heterocycles. The third-order valence-corrected chi connectivity index (χ3v) is 3.83. The van der Waals surface area contributed by atoms with E-state index >= 15 is 0 Å². The van der Waals surface area contributed by atoms with Crippen LogP contribution in [0.5, 0.6) is 11.5 Å². The summed E-state index contributed by atoms with van der Waals surface area (Å²) in [5, 5.41) is 2.65. The van der Waals surface area contributed by atoms with E-state index in [0.717, 1.165) is 12.8 Å². The van der Waals surface area contributed by atoms with Gasteiger partial charge in [0.25, 0.3) is 5.91 Å². The first-order chi connectivity index (χ1) is 12.5. The summed E-state index contributed by atoms with van der Waals surface area (Å²) in [7, 11) is 1.43. The zero-order valence-electron chi connectivity index (χ0n) is 14.9. The fourth-order valence-electron chi connectivity index (χ4n) is 2.41. The van der Waals surface area contributed by atoms with E-state index in [1.807, 2.05) is 0 Å². The number of hydrogen-bond acceptors (Lipinski definition) is 7. The lowest BCUT2D eigenvalue weighted by atomic mass is 10.1. The fraction of sp³-hybridized carbons (Fsp3) is 0.500. The number of Topliss-reactive ketones (excluding diaryl/α,β-unsaturated/α-hetero) is 1. The van der Waals surface area contributed by atoms with Gasteiger partial charge in [-0.15, -0.1) is 0 Å². The fourth-order valence-corrected chi connectivity index (χ4v) is 2.41. The average molecular weight is 365 g/mol. The van der Waals surface area contributed by atoms with E-state index in [0.29, 0.717) is 30.2 Å². The molecule has 0 aliphatic carbocycles. The SMILES string of the molecule is COc1cc(C(C)=O)ccc1OCC(=O)OCC(=O)NC[C@@H]1CCCO1. The molecule has 1 aliphatic rings. The lowest BCUT2D eigenvalue weighted by Crippen LogP contribution is -2.35. The van der Waals surface area contributed by atoms with Crippen molar-refractivity contribution in [2.45, 2.75) is 25.9 Å². The number of esters is 1. The van der Waals surface area contributed by atoms with Crippen LogP contribution in [0, 0.1) is 0 Å². The normalized spacial score (nSPS) is 16.0. The van der Waals surface area contributed by atoms with Crippen LogP contribution >= 0.6 is 0 Å². The Labute approximate surface area is 151 Å². The molecule has 1 atom stereocenters. The van der Waals surface area contributed by atoms with Gasteiger partial charge in [0, 0.05) is 18.7 Å². The van der Waals surface area contributed by atoms with Gasteiger partial charge in [0.1, 0.15) is 0 Å². The van der Waals surface area contributed by atoms with Crippen LogP contribution in [0.1, 0.15) is 30.1 Å². The van der Waals surface area contributed by atoms with Crippen LogP contribution in [0.3, 0.4) is 0 Å². The minimum absolute atomic E-state index is 0.0309. The Hall–Kier alpha value is -2.61. The Morgan fingerprint density at radius 2 is 2.04 bits per heavy atom. The molecule has 0 saturated carbocycles. The second-order valence-corrected chi connectivity index (χ2v) is 5.81. The highest BCUT2D eigenvalue weighted by Crippen LogP contribution is 2.28. The first-order valence-electron chi connectivity index (χ1n) is 8.35. The van der Waals surface area contributed by atoms with Crippen molar-refractivity contribution in [3.63, 3.8) is 0 Å². The van der Waals surface area contributed by atoms with Gasteiger partial charge >= 0.3 is 5.97 Å². The number of hydrogen-bond donors (Lipinski definition) is 1. The molecule has 1 amide bonds. The van der Waals surface area contributed by atoms with Crippen molar-refractivity contribution in [1.29, 1.82) is 0 Å². The summed E-state index contributed by atoms with van der Waals surface area (Å²) < 4.78 is 20.7. The summed E-state index contributed by atoms with van der Waals surface area (Å²) in [6.07, 6.45) is 1.94. The number of benzene rings is 1. The highest BCUT2D eigenvalue weighted by molar-refractivity contribution is 5.94. The number of ether oxygens (including phenoxy) is 4. The molecule has 0 aromatic heterocycles. The van der Waals surface area contributed by atoms with Crippen LogP contribution in [-0.2, 0) is 19.1 Å². The molecule has 26 heavy (non-hydrogen) atoms. The quantitative estimate of drug-likeness (QED) is 0.517. The van der Waals surface area contributed by atoms with Gasteiger partial charge < -0.3 is 24.3 Å². The highest BCUT2D eigenvalue weighted by atomic mass is 16.6. The largest absolute Gasteiger partial charge is 0.493 e. The van der Waals surface area contributed by atoms with E-state index in [-0.39, 0.29) is 25.1 Å². The lowest BCUT2D eigenvalue weighted by molar-refractivity contribution is -0.150. The molecule has 1 aromatic rings. The molecule has 1 saturated heterocycles. The molecule has 8 heteroatoms. The third-order valence-electron chi connectivity index (χ3n) is 3.83. The summed E-state index contributed by atoms with van der Waals surface area (Å²) in [4.78, 5) is 34.7. The van der Waals surface area contributed by atoms with Gasteiger partial charge in [-0.25, -0.2) is 4.79 Å². The zero-order valence-corrected chi connectivity index (χ0v) is 14.9. The van der Waals surface area contributed by atoms with Crippen molar-refractivity contribution in [2.24, 2.45) is 0 Å². The maximum atomic E-state index is 11.7. The molecule has 1 aliphatic heterocycles. The predicted octanol–water partition coefficient (Wildman–Crippen LogP) is 1.11. The topological polar surface area (TPSA) is 100 Å². The summed E-state index contributed by atoms with van der Waals surface area (Å²) in [5.74, 6) is -0.549. The minimum atomic E-state index is -0.685. The average Bonchev–Trinajstić information content (AvgIpc) is 3.16. The molecule has 142 valence electrons. The first kappa shape index (κ1) is 19.7. The predicted molar refractivity (Wildman–Crippen MR) is 91.4 cm³/mol. The van der Waals surface area contributed by atoms with Crippen molar-refractivity contribution < 1.29 is 33.3 Å².